The predicted octanol–water partition coefficient (Wildman–Crippen LogP) is 15.2. The molecule has 12 rings (SSSR count). The molecular weight excluding hydrogens is 765 g/mol. The Kier molecular flexibility index (Phi) is 8.75. The van der Waals surface area contributed by atoms with Gasteiger partial charge in [0.05, 0.1) is 22.4 Å². The van der Waals surface area contributed by atoms with Crippen LogP contribution in [0.15, 0.2) is 212 Å². The van der Waals surface area contributed by atoms with Crippen LogP contribution in [0.4, 0.5) is 0 Å². The Bertz CT molecular complexity index is 3450. The molecule has 1 aliphatic rings. The van der Waals surface area contributed by atoms with Gasteiger partial charge in [-0.05, 0) is 109 Å². The Hall–Kier alpha value is -8.21. The molecule has 4 nitrogen and oxygen atoms in total. The van der Waals surface area contributed by atoms with Gasteiger partial charge in [-0.15, -0.1) is 0 Å². The quantitative estimate of drug-likeness (QED) is 0.154. The van der Waals surface area contributed by atoms with Crippen LogP contribution >= 0.6 is 0 Å². The fraction of sp³-hybridized carbons (Fsp3) is 0.0339. The minimum Gasteiger partial charge on any atom is -0.296 e. The summed E-state index contributed by atoms with van der Waals surface area (Å²) in [4.78, 5) is 15.4. The molecule has 0 unspecified atom stereocenters. The second kappa shape index (κ2) is 15.1. The molecule has 0 atom stereocenters. The van der Waals surface area contributed by atoms with Gasteiger partial charge < -0.3 is 0 Å². The highest BCUT2D eigenvalue weighted by molar-refractivity contribution is 6.22. The van der Waals surface area contributed by atoms with Crippen molar-refractivity contribution in [2.24, 2.45) is 0 Å². The maximum absolute atomic E-state index is 5.26. The van der Waals surface area contributed by atoms with E-state index in [2.05, 4.69) is 200 Å². The van der Waals surface area contributed by atoms with Crippen molar-refractivity contribution in [2.45, 2.75) is 13.3 Å². The van der Waals surface area contributed by atoms with E-state index >= 15 is 0 Å². The van der Waals surface area contributed by atoms with Gasteiger partial charge in [0.15, 0.2) is 5.82 Å². The van der Waals surface area contributed by atoms with Crippen molar-refractivity contribution in [3.8, 4) is 95.2 Å². The molecule has 9 aromatic carbocycles. The van der Waals surface area contributed by atoms with Crippen LogP contribution in [-0.4, -0.2) is 19.5 Å². The smallest absolute Gasteiger partial charge is 0.160 e. The molecule has 0 amide bonds. The number of rotatable bonds is 8. The van der Waals surface area contributed by atoms with Crippen molar-refractivity contribution in [3.63, 3.8) is 0 Å². The van der Waals surface area contributed by atoms with E-state index < -0.39 is 0 Å². The summed E-state index contributed by atoms with van der Waals surface area (Å²) in [7, 11) is 0. The molecular formula is C59H40N4. The van der Waals surface area contributed by atoms with E-state index in [0.29, 0.717) is 5.82 Å². The third-order valence-corrected chi connectivity index (χ3v) is 12.5. The largest absolute Gasteiger partial charge is 0.296 e. The number of para-hydroxylation sites is 2. The lowest BCUT2D eigenvalue weighted by Gasteiger charge is -2.21. The molecule has 0 radical (unpaired) electrons. The van der Waals surface area contributed by atoms with Crippen molar-refractivity contribution in [3.05, 3.63) is 218 Å². The van der Waals surface area contributed by atoms with E-state index in [1.807, 2.05) is 24.3 Å². The Morgan fingerprint density at radius 2 is 0.937 bits per heavy atom. The van der Waals surface area contributed by atoms with Gasteiger partial charge in [-0.25, -0.2) is 15.0 Å². The molecule has 296 valence electrons. The van der Waals surface area contributed by atoms with Crippen LogP contribution in [0, 0.1) is 0 Å². The highest BCUT2D eigenvalue weighted by Crippen LogP contribution is 2.57. The lowest BCUT2D eigenvalue weighted by molar-refractivity contribution is 0.908. The van der Waals surface area contributed by atoms with Crippen LogP contribution < -0.4 is 0 Å². The second-order valence-corrected chi connectivity index (χ2v) is 16.2. The molecule has 0 aliphatic heterocycles. The van der Waals surface area contributed by atoms with Crippen LogP contribution in [0.3, 0.4) is 0 Å². The number of aromatic nitrogens is 4. The summed E-state index contributed by atoms with van der Waals surface area (Å²) in [5.41, 5.74) is 20.1. The Morgan fingerprint density at radius 3 is 1.65 bits per heavy atom. The van der Waals surface area contributed by atoms with Gasteiger partial charge in [-0.3, -0.25) is 4.57 Å². The zero-order valence-corrected chi connectivity index (χ0v) is 34.7. The Balaban J connectivity index is 1.12. The highest BCUT2D eigenvalue weighted by Gasteiger charge is 2.30. The first-order valence-corrected chi connectivity index (χ1v) is 21.7. The Morgan fingerprint density at radius 1 is 0.381 bits per heavy atom. The van der Waals surface area contributed by atoms with Gasteiger partial charge in [0, 0.05) is 28.8 Å². The van der Waals surface area contributed by atoms with Crippen molar-refractivity contribution < 1.29 is 0 Å². The minimum absolute atomic E-state index is 0.699. The topological polar surface area (TPSA) is 43.6 Å². The summed E-state index contributed by atoms with van der Waals surface area (Å²) in [6.07, 6.45) is 0.834. The predicted molar refractivity (Wildman–Crippen MR) is 261 cm³/mol. The number of benzene rings is 9. The van der Waals surface area contributed by atoms with Gasteiger partial charge in [0.25, 0.3) is 0 Å². The molecule has 0 spiro atoms. The number of imidazole rings is 1. The van der Waals surface area contributed by atoms with E-state index in [4.69, 9.17) is 15.0 Å². The maximum Gasteiger partial charge on any atom is 0.160 e. The number of nitrogens with zero attached hydrogens (tertiary/aromatic N) is 4. The standard InChI is InChI=1S/C59H40N4/c1-2-54-60-50-29-12-13-30-53(50)63(54)45-33-31-39(32-34-45)48-36-49(38-17-6-3-7-18-38)57-46-27-15-23-41-24-16-28-47(55(41)46)58(57)56(48)44-26-14-25-43(35-44)52-37-51(40-19-8-4-9-20-40)61-59(62-52)42-21-10-5-11-22-42/h3-37H,2H2,1H3. The average molecular weight is 805 g/mol. The number of aryl methyl sites for hydroxylation is 1. The number of hydrogen-bond acceptors (Lipinski definition) is 3. The third-order valence-electron chi connectivity index (χ3n) is 12.5. The lowest BCUT2D eigenvalue weighted by Crippen LogP contribution is -2.00. The molecule has 2 heterocycles. The summed E-state index contributed by atoms with van der Waals surface area (Å²) in [6.45, 7) is 2.17. The zero-order valence-electron chi connectivity index (χ0n) is 34.7. The highest BCUT2D eigenvalue weighted by atomic mass is 15.1. The summed E-state index contributed by atoms with van der Waals surface area (Å²) < 4.78 is 2.30. The SMILES string of the molecule is CCc1nc2ccccc2n1-c1ccc(-c2cc(-c3ccccc3)c3c(c2-c2cccc(-c4cc(-c5ccccc5)nc(-c5ccccc5)n4)c2)-c2cccc4cccc-3c24)cc1. The van der Waals surface area contributed by atoms with Gasteiger partial charge in [0.1, 0.15) is 5.82 Å². The van der Waals surface area contributed by atoms with Gasteiger partial charge >= 0.3 is 0 Å². The van der Waals surface area contributed by atoms with E-state index in [0.717, 1.165) is 68.2 Å². The molecule has 2 aromatic heterocycles. The molecule has 0 saturated carbocycles. The van der Waals surface area contributed by atoms with Crippen molar-refractivity contribution in [1.29, 1.82) is 0 Å². The third kappa shape index (κ3) is 6.18. The van der Waals surface area contributed by atoms with Gasteiger partial charge in [0.2, 0.25) is 0 Å². The monoisotopic (exact) mass is 804 g/mol. The number of fused-ring (bicyclic) bond motifs is 4. The molecule has 0 fully saturated rings. The van der Waals surface area contributed by atoms with Crippen LogP contribution in [-0.2, 0) is 6.42 Å². The molecule has 11 aromatic rings. The zero-order chi connectivity index (χ0) is 41.9. The van der Waals surface area contributed by atoms with Crippen molar-refractivity contribution in [2.75, 3.05) is 0 Å². The lowest BCUT2D eigenvalue weighted by atomic mass is 9.82. The summed E-state index contributed by atoms with van der Waals surface area (Å²) in [5.74, 6) is 1.75. The second-order valence-electron chi connectivity index (χ2n) is 16.2. The van der Waals surface area contributed by atoms with Gasteiger partial charge in [-0.2, -0.15) is 0 Å². The van der Waals surface area contributed by atoms with Crippen LogP contribution in [0.2, 0.25) is 0 Å². The first kappa shape index (κ1) is 36.6. The van der Waals surface area contributed by atoms with Crippen molar-refractivity contribution >= 4 is 21.8 Å². The molecule has 1 aliphatic carbocycles. The normalized spacial score (nSPS) is 11.6. The van der Waals surface area contributed by atoms with Gasteiger partial charge in [-0.1, -0.05) is 177 Å². The van der Waals surface area contributed by atoms with E-state index in [1.54, 1.807) is 0 Å². The molecule has 0 bridgehead atoms. The van der Waals surface area contributed by atoms with Crippen LogP contribution in [0.5, 0.6) is 0 Å². The first-order valence-electron chi connectivity index (χ1n) is 21.7. The fourth-order valence-electron chi connectivity index (χ4n) is 9.66. The summed E-state index contributed by atoms with van der Waals surface area (Å²) in [5, 5.41) is 2.54. The molecule has 0 N–H and O–H groups in total. The van der Waals surface area contributed by atoms with E-state index in [1.165, 1.54) is 55.3 Å². The molecule has 63 heavy (non-hydrogen) atoms. The fourth-order valence-corrected chi connectivity index (χ4v) is 9.66. The number of hydrogen-bond donors (Lipinski definition) is 0. The minimum atomic E-state index is 0.699. The maximum atomic E-state index is 5.26. The van der Waals surface area contributed by atoms with Crippen molar-refractivity contribution in [1.82, 2.24) is 19.5 Å². The first-order chi connectivity index (χ1) is 31.2. The van der Waals surface area contributed by atoms with E-state index in [9.17, 15) is 0 Å². The summed E-state index contributed by atoms with van der Waals surface area (Å²) >= 11 is 0. The molecule has 0 saturated heterocycles. The Labute approximate surface area is 366 Å². The average Bonchev–Trinajstić information content (AvgIpc) is 3.91. The van der Waals surface area contributed by atoms with E-state index in [-0.39, 0.29) is 0 Å². The van der Waals surface area contributed by atoms with Crippen LogP contribution in [0.1, 0.15) is 12.7 Å². The molecule has 4 heteroatoms. The summed E-state index contributed by atoms with van der Waals surface area (Å²) in [6, 6.07) is 76.1. The van der Waals surface area contributed by atoms with Crippen LogP contribution in [0.25, 0.3) is 117 Å².